The van der Waals surface area contributed by atoms with Gasteiger partial charge in [0.2, 0.25) is 0 Å². The Morgan fingerprint density at radius 2 is 1.86 bits per heavy atom. The third-order valence-electron chi connectivity index (χ3n) is 4.93. The van der Waals surface area contributed by atoms with E-state index in [0.717, 1.165) is 6.54 Å². The van der Waals surface area contributed by atoms with Crippen LogP contribution in [0, 0.1) is 11.3 Å². The average Bonchev–Trinajstić information content (AvgIpc) is 2.79. The van der Waals surface area contributed by atoms with E-state index < -0.39 is 0 Å². The molecule has 1 N–H and O–H groups in total. The first-order chi connectivity index (χ1) is 9.71. The van der Waals surface area contributed by atoms with E-state index in [1.165, 1.54) is 17.1 Å². The van der Waals surface area contributed by atoms with Gasteiger partial charge in [-0.3, -0.25) is 0 Å². The van der Waals surface area contributed by atoms with Crippen LogP contribution in [0.1, 0.15) is 59.4 Å². The maximum atomic E-state index is 3.73. The van der Waals surface area contributed by atoms with E-state index in [4.69, 9.17) is 0 Å². The number of benzene rings is 1. The van der Waals surface area contributed by atoms with Crippen molar-refractivity contribution in [3.8, 4) is 0 Å². The monoisotopic (exact) mass is 305 g/mol. The highest BCUT2D eigenvalue weighted by molar-refractivity contribution is 7.99. The normalized spacial score (nSPS) is 21.4. The first-order valence-electron chi connectivity index (χ1n) is 8.18. The van der Waals surface area contributed by atoms with Gasteiger partial charge in [-0.05, 0) is 56.1 Å². The summed E-state index contributed by atoms with van der Waals surface area (Å²) in [7, 11) is 0. The molecule has 0 aliphatic carbocycles. The maximum Gasteiger partial charge on any atom is 0.0107 e. The number of fused-ring (bicyclic) bond motifs is 1. The van der Waals surface area contributed by atoms with Crippen LogP contribution in [-0.4, -0.2) is 17.8 Å². The number of hydrogen-bond acceptors (Lipinski definition) is 2. The van der Waals surface area contributed by atoms with Crippen molar-refractivity contribution in [2.75, 3.05) is 12.3 Å². The van der Waals surface area contributed by atoms with Crippen LogP contribution in [0.15, 0.2) is 29.2 Å². The first kappa shape index (κ1) is 16.9. The quantitative estimate of drug-likeness (QED) is 0.790. The van der Waals surface area contributed by atoms with Gasteiger partial charge in [-0.1, -0.05) is 39.0 Å². The van der Waals surface area contributed by atoms with E-state index in [2.05, 4.69) is 71.1 Å². The van der Waals surface area contributed by atoms with Crippen molar-refractivity contribution in [3.05, 3.63) is 29.8 Å². The predicted octanol–water partition coefficient (Wildman–Crippen LogP) is 5.32. The fraction of sp³-hybridized carbons (Fsp3) is 0.684. The smallest absolute Gasteiger partial charge is 0.0107 e. The Morgan fingerprint density at radius 3 is 2.48 bits per heavy atom. The van der Waals surface area contributed by atoms with Crippen LogP contribution >= 0.6 is 11.8 Å². The predicted molar refractivity (Wildman–Crippen MR) is 95.2 cm³/mol. The second-order valence-electron chi connectivity index (χ2n) is 8.16. The summed E-state index contributed by atoms with van der Waals surface area (Å²) in [5.41, 5.74) is 2.11. The van der Waals surface area contributed by atoms with Crippen LogP contribution < -0.4 is 5.32 Å². The Labute approximate surface area is 135 Å². The third-order valence-corrected chi connectivity index (χ3v) is 6.18. The number of hydrogen-bond donors (Lipinski definition) is 1. The van der Waals surface area contributed by atoms with E-state index in [0.29, 0.717) is 17.3 Å². The van der Waals surface area contributed by atoms with Gasteiger partial charge in [0, 0.05) is 22.7 Å². The van der Waals surface area contributed by atoms with Gasteiger partial charge >= 0.3 is 0 Å². The summed E-state index contributed by atoms with van der Waals surface area (Å²) in [5.74, 6) is 2.64. The lowest BCUT2D eigenvalue weighted by molar-refractivity contribution is 0.164. The molecule has 0 saturated carbocycles. The molecule has 1 aromatic rings. The zero-order valence-electron chi connectivity index (χ0n) is 14.5. The number of thioether (sulfide) groups is 1. The Balaban J connectivity index is 2.10. The number of rotatable bonds is 5. The van der Waals surface area contributed by atoms with Crippen LogP contribution in [0.25, 0.3) is 0 Å². The summed E-state index contributed by atoms with van der Waals surface area (Å²) in [6.07, 6.45) is 1.28. The lowest BCUT2D eigenvalue weighted by atomic mass is 9.71. The molecule has 0 spiro atoms. The van der Waals surface area contributed by atoms with Crippen molar-refractivity contribution in [2.45, 2.75) is 64.3 Å². The maximum absolute atomic E-state index is 3.73. The summed E-state index contributed by atoms with van der Waals surface area (Å²) >= 11 is 2.03. The Morgan fingerprint density at radius 1 is 1.19 bits per heavy atom. The molecule has 1 aliphatic rings. The molecule has 2 unspecified atom stereocenters. The second-order valence-corrected chi connectivity index (χ2v) is 9.22. The van der Waals surface area contributed by atoms with Crippen molar-refractivity contribution < 1.29 is 0 Å². The fourth-order valence-corrected chi connectivity index (χ4v) is 4.19. The van der Waals surface area contributed by atoms with E-state index in [-0.39, 0.29) is 5.54 Å². The second kappa shape index (κ2) is 6.34. The largest absolute Gasteiger partial charge is 0.312 e. The molecule has 21 heavy (non-hydrogen) atoms. The topological polar surface area (TPSA) is 12.0 Å². The van der Waals surface area contributed by atoms with E-state index in [1.54, 1.807) is 5.56 Å². The van der Waals surface area contributed by atoms with Gasteiger partial charge in [0.25, 0.3) is 0 Å². The molecule has 1 aliphatic heterocycles. The van der Waals surface area contributed by atoms with Crippen molar-refractivity contribution >= 4 is 11.8 Å². The van der Waals surface area contributed by atoms with E-state index in [1.807, 2.05) is 11.8 Å². The summed E-state index contributed by atoms with van der Waals surface area (Å²) in [6.45, 7) is 15.1. The highest BCUT2D eigenvalue weighted by Crippen LogP contribution is 2.46. The molecule has 1 aromatic carbocycles. The van der Waals surface area contributed by atoms with E-state index >= 15 is 0 Å². The van der Waals surface area contributed by atoms with Gasteiger partial charge in [-0.25, -0.2) is 0 Å². The lowest BCUT2D eigenvalue weighted by Gasteiger charge is -2.39. The molecule has 0 amide bonds. The van der Waals surface area contributed by atoms with Crippen molar-refractivity contribution in [1.82, 2.24) is 5.32 Å². The molecular formula is C19H31NS. The third kappa shape index (κ3) is 4.26. The van der Waals surface area contributed by atoms with Crippen LogP contribution in [0.4, 0.5) is 0 Å². The Kier molecular flexibility index (Phi) is 5.10. The minimum absolute atomic E-state index is 0.193. The van der Waals surface area contributed by atoms with Gasteiger partial charge < -0.3 is 5.32 Å². The summed E-state index contributed by atoms with van der Waals surface area (Å²) < 4.78 is 0. The molecule has 0 bridgehead atoms. The molecule has 1 nitrogen and oxygen atoms in total. The van der Waals surface area contributed by atoms with Gasteiger partial charge in [0.1, 0.15) is 0 Å². The molecule has 0 aromatic heterocycles. The Hall–Kier alpha value is -0.470. The standard InChI is InChI=1S/C19H31NS/c1-14(2)19(6,13-20-18(3,4)5)11-15-12-21-17-10-8-7-9-16(15)17/h7-10,14-15,20H,11-13H2,1-6H3. The minimum Gasteiger partial charge on any atom is -0.312 e. The molecule has 0 fully saturated rings. The summed E-state index contributed by atoms with van der Waals surface area (Å²) in [6, 6.07) is 8.97. The van der Waals surface area contributed by atoms with Crippen LogP contribution in [0.5, 0.6) is 0 Å². The fourth-order valence-electron chi connectivity index (χ4n) is 2.94. The lowest BCUT2D eigenvalue weighted by Crippen LogP contribution is -2.45. The van der Waals surface area contributed by atoms with Crippen molar-refractivity contribution in [1.29, 1.82) is 0 Å². The zero-order chi connectivity index (χ0) is 15.7. The molecule has 2 heteroatoms. The van der Waals surface area contributed by atoms with E-state index in [9.17, 15) is 0 Å². The molecule has 0 saturated heterocycles. The van der Waals surface area contributed by atoms with Gasteiger partial charge in [0.15, 0.2) is 0 Å². The summed E-state index contributed by atoms with van der Waals surface area (Å²) in [4.78, 5) is 1.50. The molecule has 1 heterocycles. The number of nitrogens with one attached hydrogen (secondary N) is 1. The van der Waals surface area contributed by atoms with Crippen LogP contribution in [-0.2, 0) is 0 Å². The minimum atomic E-state index is 0.193. The SMILES string of the molecule is CC(C)C(C)(CNC(C)(C)C)CC1CSc2ccccc21. The molecule has 0 radical (unpaired) electrons. The highest BCUT2D eigenvalue weighted by Gasteiger charge is 2.35. The molecule has 2 rings (SSSR count). The highest BCUT2D eigenvalue weighted by atomic mass is 32.2. The molecular weight excluding hydrogens is 274 g/mol. The van der Waals surface area contributed by atoms with Crippen LogP contribution in [0.2, 0.25) is 0 Å². The average molecular weight is 306 g/mol. The zero-order valence-corrected chi connectivity index (χ0v) is 15.3. The van der Waals surface area contributed by atoms with Gasteiger partial charge in [0.05, 0.1) is 0 Å². The summed E-state index contributed by atoms with van der Waals surface area (Å²) in [5, 5.41) is 3.73. The first-order valence-corrected chi connectivity index (χ1v) is 9.16. The Bertz CT molecular complexity index is 475. The molecule has 2 atom stereocenters. The van der Waals surface area contributed by atoms with Crippen molar-refractivity contribution in [3.63, 3.8) is 0 Å². The van der Waals surface area contributed by atoms with Gasteiger partial charge in [-0.15, -0.1) is 11.8 Å². The van der Waals surface area contributed by atoms with Gasteiger partial charge in [-0.2, -0.15) is 0 Å². The van der Waals surface area contributed by atoms with Crippen LogP contribution in [0.3, 0.4) is 0 Å². The molecule has 118 valence electrons. The van der Waals surface area contributed by atoms with Crippen molar-refractivity contribution in [2.24, 2.45) is 11.3 Å².